The molecule has 4 aromatic rings. The fourth-order valence-corrected chi connectivity index (χ4v) is 2.94. The van der Waals surface area contributed by atoms with Gasteiger partial charge in [0, 0.05) is 13.2 Å². The number of carbonyl (C=O) groups excluding carboxylic acids is 1. The molecule has 3 heterocycles. The molecule has 10 nitrogen and oxygen atoms in total. The molecule has 0 fully saturated rings. The van der Waals surface area contributed by atoms with Crippen molar-refractivity contribution >= 4 is 22.8 Å². The van der Waals surface area contributed by atoms with Crippen molar-refractivity contribution < 1.29 is 9.53 Å². The average Bonchev–Trinajstić information content (AvgIpc) is 3.26. The fraction of sp³-hybridized carbons (Fsp3) is 0.211. The van der Waals surface area contributed by atoms with Gasteiger partial charge in [-0.2, -0.15) is 19.9 Å². The lowest BCUT2D eigenvalue weighted by atomic mass is 10.2. The summed E-state index contributed by atoms with van der Waals surface area (Å²) in [5.41, 5.74) is 2.56. The standard InChI is InChI=1S/C19H19N7O3/c1-11-4-6-13(7-5-11)25-17-14(9-20-25)18(28)23-19(22-17)26-15(8-12(2)24-26)21-16(27)10-29-3/h4-9H,10H2,1-3H3,(H,21,27)(H,22,23,28). The zero-order chi connectivity index (χ0) is 20.5. The molecule has 0 aliphatic heterocycles. The van der Waals surface area contributed by atoms with Gasteiger partial charge < -0.3 is 10.1 Å². The maximum Gasteiger partial charge on any atom is 0.263 e. The minimum absolute atomic E-state index is 0.104. The summed E-state index contributed by atoms with van der Waals surface area (Å²) in [6.07, 6.45) is 1.47. The Labute approximate surface area is 165 Å². The third-order valence-electron chi connectivity index (χ3n) is 4.28. The smallest absolute Gasteiger partial charge is 0.263 e. The summed E-state index contributed by atoms with van der Waals surface area (Å²) in [6.45, 7) is 3.66. The molecule has 0 bridgehead atoms. The molecule has 10 heteroatoms. The molecule has 148 valence electrons. The molecule has 3 aromatic heterocycles. The molecule has 4 rings (SSSR count). The highest BCUT2D eigenvalue weighted by Crippen LogP contribution is 2.18. The van der Waals surface area contributed by atoms with Crippen LogP contribution in [0.15, 0.2) is 41.3 Å². The number of H-pyrrole nitrogens is 1. The van der Waals surface area contributed by atoms with Crippen molar-refractivity contribution in [2.45, 2.75) is 13.8 Å². The van der Waals surface area contributed by atoms with Crippen LogP contribution in [-0.2, 0) is 9.53 Å². The van der Waals surface area contributed by atoms with Crippen molar-refractivity contribution in [3.05, 3.63) is 58.1 Å². The van der Waals surface area contributed by atoms with Crippen molar-refractivity contribution in [1.29, 1.82) is 0 Å². The molecule has 0 aliphatic rings. The molecular weight excluding hydrogens is 374 g/mol. The van der Waals surface area contributed by atoms with Crippen LogP contribution < -0.4 is 10.9 Å². The summed E-state index contributed by atoms with van der Waals surface area (Å²) in [4.78, 5) is 31.8. The number of nitrogens with one attached hydrogen (secondary N) is 2. The molecule has 0 aliphatic carbocycles. The third-order valence-corrected chi connectivity index (χ3v) is 4.28. The number of hydrogen-bond acceptors (Lipinski definition) is 6. The van der Waals surface area contributed by atoms with Crippen molar-refractivity contribution in [3.8, 4) is 11.6 Å². The SMILES string of the molecule is COCC(=O)Nc1cc(C)nn1-c1nc2c(cnn2-c2ccc(C)cc2)c(=O)[nH]1. The summed E-state index contributed by atoms with van der Waals surface area (Å²) >= 11 is 0. The maximum atomic E-state index is 12.6. The first-order chi connectivity index (χ1) is 14.0. The Hall–Kier alpha value is -3.79. The number of benzene rings is 1. The van der Waals surface area contributed by atoms with Gasteiger partial charge in [-0.05, 0) is 26.0 Å². The normalized spacial score (nSPS) is 11.1. The molecule has 29 heavy (non-hydrogen) atoms. The second kappa shape index (κ2) is 7.32. The van der Waals surface area contributed by atoms with Crippen LogP contribution in [0.25, 0.3) is 22.7 Å². The third kappa shape index (κ3) is 3.52. The zero-order valence-electron chi connectivity index (χ0n) is 16.1. The number of aromatic amines is 1. The highest BCUT2D eigenvalue weighted by Gasteiger charge is 2.16. The number of aromatic nitrogens is 6. The first kappa shape index (κ1) is 18.6. The Morgan fingerprint density at radius 3 is 2.69 bits per heavy atom. The van der Waals surface area contributed by atoms with E-state index in [1.54, 1.807) is 17.7 Å². The maximum absolute atomic E-state index is 12.6. The summed E-state index contributed by atoms with van der Waals surface area (Å²) in [6, 6.07) is 9.39. The van der Waals surface area contributed by atoms with Crippen LogP contribution >= 0.6 is 0 Å². The van der Waals surface area contributed by atoms with E-state index in [0.29, 0.717) is 22.5 Å². The Bertz CT molecular complexity index is 1250. The molecule has 0 saturated heterocycles. The minimum Gasteiger partial charge on any atom is -0.375 e. The molecule has 0 saturated carbocycles. The Morgan fingerprint density at radius 1 is 1.21 bits per heavy atom. The summed E-state index contributed by atoms with van der Waals surface area (Å²) in [5.74, 6) is 0.187. The molecular formula is C19H19N7O3. The predicted octanol–water partition coefficient (Wildman–Crippen LogP) is 1.50. The highest BCUT2D eigenvalue weighted by atomic mass is 16.5. The quantitative estimate of drug-likeness (QED) is 0.530. The number of fused-ring (bicyclic) bond motifs is 1. The molecule has 1 aromatic carbocycles. The summed E-state index contributed by atoms with van der Waals surface area (Å²) in [5, 5.41) is 11.7. The van der Waals surface area contributed by atoms with Crippen LogP contribution in [-0.4, -0.2) is 49.2 Å². The number of anilines is 1. The van der Waals surface area contributed by atoms with Crippen molar-refractivity contribution in [3.63, 3.8) is 0 Å². The lowest BCUT2D eigenvalue weighted by Crippen LogP contribution is -2.21. The number of carbonyl (C=O) groups is 1. The van der Waals surface area contributed by atoms with Crippen LogP contribution in [0.1, 0.15) is 11.3 Å². The van der Waals surface area contributed by atoms with Crippen molar-refractivity contribution in [2.75, 3.05) is 19.0 Å². The molecule has 0 atom stereocenters. The van der Waals surface area contributed by atoms with Crippen LogP contribution in [0.5, 0.6) is 0 Å². The molecule has 0 unspecified atom stereocenters. The largest absolute Gasteiger partial charge is 0.375 e. The average molecular weight is 393 g/mol. The van der Waals surface area contributed by atoms with Gasteiger partial charge in [-0.3, -0.25) is 14.6 Å². The predicted molar refractivity (Wildman–Crippen MR) is 107 cm³/mol. The van der Waals surface area contributed by atoms with Gasteiger partial charge in [-0.15, -0.1) is 0 Å². The van der Waals surface area contributed by atoms with Crippen LogP contribution in [0.2, 0.25) is 0 Å². The van der Waals surface area contributed by atoms with E-state index in [2.05, 4.69) is 25.5 Å². The number of rotatable bonds is 5. The Kier molecular flexibility index (Phi) is 4.69. The summed E-state index contributed by atoms with van der Waals surface area (Å²) in [7, 11) is 1.43. The minimum atomic E-state index is -0.356. The van der Waals surface area contributed by atoms with Crippen LogP contribution in [0.4, 0.5) is 5.82 Å². The van der Waals surface area contributed by atoms with E-state index in [4.69, 9.17) is 4.74 Å². The number of nitrogens with zero attached hydrogens (tertiary/aromatic N) is 5. The van der Waals surface area contributed by atoms with Gasteiger partial charge in [-0.1, -0.05) is 17.7 Å². The Morgan fingerprint density at radius 2 is 1.97 bits per heavy atom. The topological polar surface area (TPSA) is 120 Å². The highest BCUT2D eigenvalue weighted by molar-refractivity contribution is 5.91. The lowest BCUT2D eigenvalue weighted by molar-refractivity contribution is -0.119. The monoisotopic (exact) mass is 393 g/mol. The van der Waals surface area contributed by atoms with Crippen LogP contribution in [0, 0.1) is 13.8 Å². The second-order valence-corrected chi connectivity index (χ2v) is 6.58. The number of aryl methyl sites for hydroxylation is 2. The number of amides is 1. The molecule has 0 radical (unpaired) electrons. The van der Waals surface area contributed by atoms with Gasteiger partial charge in [0.2, 0.25) is 5.95 Å². The zero-order valence-corrected chi connectivity index (χ0v) is 16.1. The van der Waals surface area contributed by atoms with Crippen molar-refractivity contribution in [2.24, 2.45) is 0 Å². The molecule has 0 spiro atoms. The van der Waals surface area contributed by atoms with Crippen LogP contribution in [0.3, 0.4) is 0 Å². The van der Waals surface area contributed by atoms with E-state index in [1.807, 2.05) is 31.2 Å². The number of hydrogen-bond donors (Lipinski definition) is 2. The first-order valence-electron chi connectivity index (χ1n) is 8.87. The van der Waals surface area contributed by atoms with E-state index < -0.39 is 0 Å². The number of methoxy groups -OCH3 is 1. The van der Waals surface area contributed by atoms with Gasteiger partial charge in [0.05, 0.1) is 17.6 Å². The lowest BCUT2D eigenvalue weighted by Gasteiger charge is -2.08. The van der Waals surface area contributed by atoms with Gasteiger partial charge in [0.15, 0.2) is 5.65 Å². The molecule has 1 amide bonds. The van der Waals surface area contributed by atoms with Gasteiger partial charge in [0.1, 0.15) is 17.8 Å². The molecule has 2 N–H and O–H groups in total. The van der Waals surface area contributed by atoms with Crippen molar-refractivity contribution in [1.82, 2.24) is 29.5 Å². The van der Waals surface area contributed by atoms with Gasteiger partial charge >= 0.3 is 0 Å². The van der Waals surface area contributed by atoms with Gasteiger partial charge in [0.25, 0.3) is 11.5 Å². The first-order valence-corrected chi connectivity index (χ1v) is 8.87. The van der Waals surface area contributed by atoms with E-state index >= 15 is 0 Å². The fourth-order valence-electron chi connectivity index (χ4n) is 2.94. The van der Waals surface area contributed by atoms with E-state index in [-0.39, 0.29) is 24.0 Å². The number of ether oxygens (including phenoxy) is 1. The van der Waals surface area contributed by atoms with Gasteiger partial charge in [-0.25, -0.2) is 4.68 Å². The van der Waals surface area contributed by atoms with E-state index in [9.17, 15) is 9.59 Å². The summed E-state index contributed by atoms with van der Waals surface area (Å²) < 4.78 is 7.80. The Balaban J connectivity index is 1.84. The van der Waals surface area contributed by atoms with E-state index in [1.165, 1.54) is 18.0 Å². The van der Waals surface area contributed by atoms with E-state index in [0.717, 1.165) is 11.3 Å². The second-order valence-electron chi connectivity index (χ2n) is 6.58.